The van der Waals surface area contributed by atoms with Gasteiger partial charge in [-0.2, -0.15) is 5.26 Å². The third kappa shape index (κ3) is 10.2. The maximum absolute atomic E-state index is 8.41. The number of rotatable bonds is 13. The van der Waals surface area contributed by atoms with E-state index in [4.69, 9.17) is 14.7 Å². The Hall–Kier alpha value is -0.590. The van der Waals surface area contributed by atoms with Crippen LogP contribution in [0.1, 0.15) is 77.0 Å². The first-order valence-corrected chi connectivity index (χ1v) is 8.50. The van der Waals surface area contributed by atoms with Crippen LogP contribution in [-0.2, 0) is 9.47 Å². The number of ether oxygens (including phenoxy) is 2. The third-order valence-corrected chi connectivity index (χ3v) is 3.92. The minimum atomic E-state index is 0.553. The molecule has 0 aromatic heterocycles. The van der Waals surface area contributed by atoms with Crippen molar-refractivity contribution in [2.45, 2.75) is 83.2 Å². The van der Waals surface area contributed by atoms with Gasteiger partial charge in [0.25, 0.3) is 0 Å². The van der Waals surface area contributed by atoms with Gasteiger partial charge < -0.3 is 9.47 Å². The SMILES string of the molecule is N#CCCCCCCCOCCCCCC1CCCO1. The predicted octanol–water partition coefficient (Wildman–Crippen LogP) is 4.61. The van der Waals surface area contributed by atoms with Crippen LogP contribution in [0.2, 0.25) is 0 Å². The molecule has 0 saturated carbocycles. The molecule has 1 heterocycles. The lowest BCUT2D eigenvalue weighted by Crippen LogP contribution is -2.04. The zero-order valence-electron chi connectivity index (χ0n) is 12.9. The molecule has 1 atom stereocenters. The Morgan fingerprint density at radius 2 is 1.65 bits per heavy atom. The molecule has 1 fully saturated rings. The van der Waals surface area contributed by atoms with Crippen LogP contribution in [0, 0.1) is 11.3 Å². The molecule has 0 aromatic carbocycles. The maximum Gasteiger partial charge on any atom is 0.0621 e. The zero-order valence-corrected chi connectivity index (χ0v) is 12.9. The lowest BCUT2D eigenvalue weighted by molar-refractivity contribution is 0.0985. The normalized spacial score (nSPS) is 18.2. The van der Waals surface area contributed by atoms with E-state index in [1.165, 1.54) is 64.2 Å². The van der Waals surface area contributed by atoms with Crippen LogP contribution >= 0.6 is 0 Å². The highest BCUT2D eigenvalue weighted by Crippen LogP contribution is 2.18. The molecular weight excluding hydrogens is 250 g/mol. The fraction of sp³-hybridized carbons (Fsp3) is 0.941. The molecule has 1 unspecified atom stereocenters. The van der Waals surface area contributed by atoms with Crippen molar-refractivity contribution in [2.75, 3.05) is 19.8 Å². The second kappa shape index (κ2) is 13.4. The van der Waals surface area contributed by atoms with E-state index in [0.717, 1.165) is 26.2 Å². The molecule has 1 aliphatic rings. The molecule has 0 aliphatic carbocycles. The zero-order chi connectivity index (χ0) is 14.3. The Morgan fingerprint density at radius 1 is 0.950 bits per heavy atom. The van der Waals surface area contributed by atoms with Crippen molar-refractivity contribution in [1.82, 2.24) is 0 Å². The summed E-state index contributed by atoms with van der Waals surface area (Å²) in [5.41, 5.74) is 0. The second-order valence-corrected chi connectivity index (χ2v) is 5.77. The average molecular weight is 281 g/mol. The molecule has 0 N–H and O–H groups in total. The first-order valence-electron chi connectivity index (χ1n) is 8.50. The van der Waals surface area contributed by atoms with E-state index >= 15 is 0 Å². The quantitative estimate of drug-likeness (QED) is 0.463. The van der Waals surface area contributed by atoms with Gasteiger partial charge in [0, 0.05) is 26.2 Å². The highest BCUT2D eigenvalue weighted by molar-refractivity contribution is 4.67. The average Bonchev–Trinajstić information content (AvgIpc) is 2.97. The summed E-state index contributed by atoms with van der Waals surface area (Å²) in [4.78, 5) is 0. The molecule has 0 aromatic rings. The molecule has 3 heteroatoms. The fourth-order valence-corrected chi connectivity index (χ4v) is 2.67. The highest BCUT2D eigenvalue weighted by atomic mass is 16.5. The molecule has 20 heavy (non-hydrogen) atoms. The van der Waals surface area contributed by atoms with E-state index in [2.05, 4.69) is 6.07 Å². The monoisotopic (exact) mass is 281 g/mol. The van der Waals surface area contributed by atoms with Gasteiger partial charge in [-0.15, -0.1) is 0 Å². The molecule has 0 bridgehead atoms. The smallest absolute Gasteiger partial charge is 0.0621 e. The van der Waals surface area contributed by atoms with Crippen molar-refractivity contribution in [3.05, 3.63) is 0 Å². The number of unbranched alkanes of at least 4 members (excludes halogenated alkanes) is 7. The van der Waals surface area contributed by atoms with Gasteiger partial charge >= 0.3 is 0 Å². The van der Waals surface area contributed by atoms with E-state index in [-0.39, 0.29) is 0 Å². The van der Waals surface area contributed by atoms with Gasteiger partial charge in [-0.25, -0.2) is 0 Å². The summed E-state index contributed by atoms with van der Waals surface area (Å²) in [5.74, 6) is 0. The van der Waals surface area contributed by atoms with Gasteiger partial charge in [-0.3, -0.25) is 0 Å². The maximum atomic E-state index is 8.41. The summed E-state index contributed by atoms with van der Waals surface area (Å²) >= 11 is 0. The van der Waals surface area contributed by atoms with E-state index in [1.807, 2.05) is 0 Å². The molecule has 1 rings (SSSR count). The number of nitrogens with zero attached hydrogens (tertiary/aromatic N) is 1. The van der Waals surface area contributed by atoms with Crippen molar-refractivity contribution in [2.24, 2.45) is 0 Å². The number of hydrogen-bond donors (Lipinski definition) is 0. The number of hydrogen-bond acceptors (Lipinski definition) is 3. The van der Waals surface area contributed by atoms with E-state index in [1.54, 1.807) is 0 Å². The molecule has 0 spiro atoms. The van der Waals surface area contributed by atoms with E-state index in [0.29, 0.717) is 12.5 Å². The lowest BCUT2D eigenvalue weighted by Gasteiger charge is -2.08. The van der Waals surface area contributed by atoms with Crippen LogP contribution in [0.25, 0.3) is 0 Å². The summed E-state index contributed by atoms with van der Waals surface area (Å²) in [6.07, 6.45) is 14.7. The van der Waals surface area contributed by atoms with Gasteiger partial charge in [0.05, 0.1) is 12.2 Å². The van der Waals surface area contributed by atoms with Gasteiger partial charge in [0.2, 0.25) is 0 Å². The molecule has 0 amide bonds. The summed E-state index contributed by atoms with van der Waals surface area (Å²) in [6, 6.07) is 2.19. The van der Waals surface area contributed by atoms with Crippen LogP contribution in [0.3, 0.4) is 0 Å². The molecule has 1 aliphatic heterocycles. The highest BCUT2D eigenvalue weighted by Gasteiger charge is 2.14. The first kappa shape index (κ1) is 17.5. The standard InChI is InChI=1S/C17H31NO2/c18-13-7-3-1-2-4-8-14-19-15-9-5-6-11-17-12-10-16-20-17/h17H,1-12,14-16H2. The molecule has 3 nitrogen and oxygen atoms in total. The minimum absolute atomic E-state index is 0.553. The summed E-state index contributed by atoms with van der Waals surface area (Å²) in [6.45, 7) is 2.80. The van der Waals surface area contributed by atoms with Crippen LogP contribution in [0.4, 0.5) is 0 Å². The Balaban J connectivity index is 1.67. The van der Waals surface area contributed by atoms with Crippen molar-refractivity contribution >= 4 is 0 Å². The van der Waals surface area contributed by atoms with Crippen molar-refractivity contribution in [1.29, 1.82) is 5.26 Å². The largest absolute Gasteiger partial charge is 0.381 e. The van der Waals surface area contributed by atoms with E-state index in [9.17, 15) is 0 Å². The van der Waals surface area contributed by atoms with Gasteiger partial charge in [-0.1, -0.05) is 32.1 Å². The first-order chi connectivity index (χ1) is 9.93. The summed E-state index contributed by atoms with van der Waals surface area (Å²) in [7, 11) is 0. The predicted molar refractivity (Wildman–Crippen MR) is 81.6 cm³/mol. The second-order valence-electron chi connectivity index (χ2n) is 5.77. The van der Waals surface area contributed by atoms with Crippen LogP contribution in [0.5, 0.6) is 0 Å². The number of nitriles is 1. The van der Waals surface area contributed by atoms with Crippen molar-refractivity contribution in [3.8, 4) is 6.07 Å². The summed E-state index contributed by atoms with van der Waals surface area (Å²) in [5, 5.41) is 8.41. The third-order valence-electron chi connectivity index (χ3n) is 3.92. The Labute approximate surface area is 124 Å². The Bertz CT molecular complexity index is 244. The van der Waals surface area contributed by atoms with Gasteiger partial charge in [0.15, 0.2) is 0 Å². The van der Waals surface area contributed by atoms with Crippen LogP contribution in [-0.4, -0.2) is 25.9 Å². The van der Waals surface area contributed by atoms with Crippen LogP contribution < -0.4 is 0 Å². The topological polar surface area (TPSA) is 42.2 Å². The Morgan fingerprint density at radius 3 is 2.35 bits per heavy atom. The van der Waals surface area contributed by atoms with Crippen LogP contribution in [0.15, 0.2) is 0 Å². The van der Waals surface area contributed by atoms with E-state index < -0.39 is 0 Å². The van der Waals surface area contributed by atoms with Gasteiger partial charge in [0.1, 0.15) is 0 Å². The minimum Gasteiger partial charge on any atom is -0.381 e. The lowest BCUT2D eigenvalue weighted by atomic mass is 10.1. The molecule has 1 saturated heterocycles. The molecule has 116 valence electrons. The molecule has 0 radical (unpaired) electrons. The van der Waals surface area contributed by atoms with Crippen molar-refractivity contribution < 1.29 is 9.47 Å². The Kier molecular flexibility index (Phi) is 11.7. The molecular formula is C17H31NO2. The fourth-order valence-electron chi connectivity index (χ4n) is 2.67. The summed E-state index contributed by atoms with van der Waals surface area (Å²) < 4.78 is 11.3. The van der Waals surface area contributed by atoms with Crippen molar-refractivity contribution in [3.63, 3.8) is 0 Å². The van der Waals surface area contributed by atoms with Gasteiger partial charge in [-0.05, 0) is 38.5 Å².